The molecule has 3 rings (SSSR count). The van der Waals surface area contributed by atoms with Crippen molar-refractivity contribution in [1.29, 1.82) is 0 Å². The normalized spacial score (nSPS) is 20.8. The molecule has 0 aromatic carbocycles. The van der Waals surface area contributed by atoms with Gasteiger partial charge in [-0.15, -0.1) is 5.10 Å². The van der Waals surface area contributed by atoms with Gasteiger partial charge in [0.1, 0.15) is 11.3 Å². The van der Waals surface area contributed by atoms with Gasteiger partial charge >= 0.3 is 0 Å². The topological polar surface area (TPSA) is 76.2 Å². The molecule has 142 valence electrons. The fourth-order valence-corrected chi connectivity index (χ4v) is 3.84. The molecule has 1 atom stereocenters. The molecule has 0 aliphatic carbocycles. The molecule has 1 fully saturated rings. The van der Waals surface area contributed by atoms with E-state index in [1.807, 2.05) is 33.8 Å². The number of aromatic nitrogens is 4. The minimum absolute atomic E-state index is 0.0211. The minimum Gasteiger partial charge on any atom is -0.382 e. The van der Waals surface area contributed by atoms with Crippen molar-refractivity contribution < 1.29 is 9.90 Å². The lowest BCUT2D eigenvalue weighted by molar-refractivity contribution is -0.0321. The number of carbonyl (C=O) groups is 1. The minimum atomic E-state index is -1.14. The predicted octanol–water partition coefficient (Wildman–Crippen LogP) is 2.42. The fraction of sp³-hybridized carbons (Fsp3) is 0.632. The van der Waals surface area contributed by atoms with Crippen molar-refractivity contribution >= 4 is 5.91 Å². The maximum Gasteiger partial charge on any atom is 0.255 e. The van der Waals surface area contributed by atoms with E-state index in [4.69, 9.17) is 0 Å². The van der Waals surface area contributed by atoms with Gasteiger partial charge < -0.3 is 14.6 Å². The summed E-state index contributed by atoms with van der Waals surface area (Å²) in [5.74, 6) is -0.0211. The first-order chi connectivity index (χ1) is 12.3. The van der Waals surface area contributed by atoms with Gasteiger partial charge in [-0.1, -0.05) is 5.21 Å². The van der Waals surface area contributed by atoms with E-state index in [-0.39, 0.29) is 18.5 Å². The highest BCUT2D eigenvalue weighted by Gasteiger charge is 2.39. The smallest absolute Gasteiger partial charge is 0.255 e. The first-order valence-electron chi connectivity index (χ1n) is 9.37. The van der Waals surface area contributed by atoms with Crippen LogP contribution in [0.3, 0.4) is 0 Å². The molecular weight excluding hydrogens is 330 g/mol. The number of β-amino-alcohol motifs (C(OH)–C–C–N with tert-alkyl or cyclic N) is 1. The molecular formula is C19H29N5O2. The molecule has 26 heavy (non-hydrogen) atoms. The van der Waals surface area contributed by atoms with Gasteiger partial charge in [0, 0.05) is 30.5 Å². The van der Waals surface area contributed by atoms with Crippen LogP contribution < -0.4 is 0 Å². The zero-order chi connectivity index (χ0) is 19.1. The van der Waals surface area contributed by atoms with Crippen LogP contribution in [0.4, 0.5) is 0 Å². The van der Waals surface area contributed by atoms with E-state index in [9.17, 15) is 9.90 Å². The van der Waals surface area contributed by atoms with Gasteiger partial charge in [0.2, 0.25) is 0 Å². The maximum atomic E-state index is 13.1. The molecule has 0 spiro atoms. The van der Waals surface area contributed by atoms with Crippen molar-refractivity contribution in [1.82, 2.24) is 24.5 Å². The van der Waals surface area contributed by atoms with Crippen LogP contribution >= 0.6 is 0 Å². The predicted molar refractivity (Wildman–Crippen MR) is 99.0 cm³/mol. The summed E-state index contributed by atoms with van der Waals surface area (Å²) in [5, 5.41) is 19.4. The Bertz CT molecular complexity index is 807. The summed E-state index contributed by atoms with van der Waals surface area (Å²) in [6.07, 6.45) is 3.12. The van der Waals surface area contributed by atoms with Gasteiger partial charge in [-0.05, 0) is 53.5 Å². The lowest BCUT2D eigenvalue weighted by atomic mass is 9.89. The Balaban J connectivity index is 1.84. The molecule has 7 heteroatoms. The second-order valence-electron chi connectivity index (χ2n) is 7.57. The van der Waals surface area contributed by atoms with Crippen LogP contribution in [0.2, 0.25) is 0 Å². The van der Waals surface area contributed by atoms with Crippen LogP contribution in [-0.4, -0.2) is 48.6 Å². The summed E-state index contributed by atoms with van der Waals surface area (Å²) in [4.78, 5) is 14.8. The number of nitrogens with zero attached hydrogens (tertiary/aromatic N) is 5. The summed E-state index contributed by atoms with van der Waals surface area (Å²) < 4.78 is 3.88. The van der Waals surface area contributed by atoms with Crippen LogP contribution in [0.5, 0.6) is 0 Å². The number of piperidine rings is 1. The Labute approximate surface area is 154 Å². The number of amides is 1. The fourth-order valence-electron chi connectivity index (χ4n) is 3.84. The second kappa shape index (κ2) is 6.87. The molecule has 1 aliphatic heterocycles. The molecule has 1 unspecified atom stereocenters. The van der Waals surface area contributed by atoms with Gasteiger partial charge in [-0.2, -0.15) is 0 Å². The van der Waals surface area contributed by atoms with E-state index in [1.165, 1.54) is 0 Å². The van der Waals surface area contributed by atoms with Crippen molar-refractivity contribution in [3.8, 4) is 0 Å². The highest BCUT2D eigenvalue weighted by molar-refractivity contribution is 5.95. The van der Waals surface area contributed by atoms with E-state index in [2.05, 4.69) is 21.8 Å². The molecule has 1 N–H and O–H groups in total. The summed E-state index contributed by atoms with van der Waals surface area (Å²) in [6, 6.07) is 2.13. The zero-order valence-electron chi connectivity index (χ0n) is 16.4. The number of carbonyl (C=O) groups excluding carboxylic acids is 1. The first kappa shape index (κ1) is 18.6. The third-order valence-corrected chi connectivity index (χ3v) is 5.39. The van der Waals surface area contributed by atoms with Crippen LogP contribution in [0.1, 0.15) is 67.1 Å². The molecule has 2 aromatic heterocycles. The number of rotatable bonds is 4. The van der Waals surface area contributed by atoms with E-state index in [1.54, 1.807) is 15.8 Å². The quantitative estimate of drug-likeness (QED) is 0.910. The highest BCUT2D eigenvalue weighted by atomic mass is 16.3. The lowest BCUT2D eigenvalue weighted by Crippen LogP contribution is -2.48. The highest BCUT2D eigenvalue weighted by Crippen LogP contribution is 2.31. The molecule has 3 heterocycles. The summed E-state index contributed by atoms with van der Waals surface area (Å²) in [7, 11) is 0. The number of likely N-dealkylation sites (tertiary alicyclic amines) is 1. The average molecular weight is 359 g/mol. The van der Waals surface area contributed by atoms with Gasteiger partial charge in [0.25, 0.3) is 5.91 Å². The SMILES string of the molecule is CCn1c(C)cc(C(=O)N2CCCC(O)(c3cn(C(C)C)nn3)C2)c1C. The average Bonchev–Trinajstić information content (AvgIpc) is 3.20. The van der Waals surface area contributed by atoms with Crippen molar-refractivity contribution in [3.63, 3.8) is 0 Å². The second-order valence-corrected chi connectivity index (χ2v) is 7.57. The zero-order valence-corrected chi connectivity index (χ0v) is 16.4. The van der Waals surface area contributed by atoms with Crippen molar-refractivity contribution in [2.75, 3.05) is 13.1 Å². The van der Waals surface area contributed by atoms with Gasteiger partial charge in [0.15, 0.2) is 0 Å². The van der Waals surface area contributed by atoms with Crippen molar-refractivity contribution in [2.24, 2.45) is 0 Å². The number of aryl methyl sites for hydroxylation is 1. The monoisotopic (exact) mass is 359 g/mol. The Morgan fingerprint density at radius 1 is 1.38 bits per heavy atom. The van der Waals surface area contributed by atoms with Crippen LogP contribution in [0.15, 0.2) is 12.3 Å². The van der Waals surface area contributed by atoms with E-state index >= 15 is 0 Å². The number of hydrogen-bond acceptors (Lipinski definition) is 4. The Hall–Kier alpha value is -2.15. The molecule has 0 radical (unpaired) electrons. The Morgan fingerprint density at radius 2 is 2.12 bits per heavy atom. The van der Waals surface area contributed by atoms with Crippen molar-refractivity contribution in [2.45, 2.75) is 65.6 Å². The molecule has 0 saturated carbocycles. The van der Waals surface area contributed by atoms with Crippen LogP contribution in [0.25, 0.3) is 0 Å². The van der Waals surface area contributed by atoms with E-state index < -0.39 is 5.60 Å². The number of aliphatic hydroxyl groups is 1. The molecule has 2 aromatic rings. The molecule has 1 amide bonds. The van der Waals surface area contributed by atoms with Gasteiger partial charge in [-0.3, -0.25) is 4.79 Å². The third kappa shape index (κ3) is 3.16. The summed E-state index contributed by atoms with van der Waals surface area (Å²) >= 11 is 0. The summed E-state index contributed by atoms with van der Waals surface area (Å²) in [5.41, 5.74) is 2.19. The first-order valence-corrected chi connectivity index (χ1v) is 9.37. The maximum absolute atomic E-state index is 13.1. The standard InChI is InChI=1S/C19H29N5O2/c1-6-23-14(4)10-16(15(23)5)18(25)22-9-7-8-19(26,12-22)17-11-24(13(2)3)21-20-17/h10-11,13,26H,6-9,12H2,1-5H3. The Kier molecular flexibility index (Phi) is 4.92. The third-order valence-electron chi connectivity index (χ3n) is 5.39. The Morgan fingerprint density at radius 3 is 2.69 bits per heavy atom. The molecule has 1 aliphatic rings. The van der Waals surface area contributed by atoms with Crippen LogP contribution in [-0.2, 0) is 12.1 Å². The number of hydrogen-bond donors (Lipinski definition) is 1. The lowest BCUT2D eigenvalue weighted by Gasteiger charge is -2.38. The van der Waals surface area contributed by atoms with Gasteiger partial charge in [-0.25, -0.2) is 4.68 Å². The van der Waals surface area contributed by atoms with Crippen molar-refractivity contribution in [3.05, 3.63) is 34.9 Å². The van der Waals surface area contributed by atoms with Crippen LogP contribution in [0, 0.1) is 13.8 Å². The van der Waals surface area contributed by atoms with E-state index in [0.29, 0.717) is 18.7 Å². The molecule has 7 nitrogen and oxygen atoms in total. The summed E-state index contributed by atoms with van der Waals surface area (Å²) in [6.45, 7) is 11.8. The molecule has 1 saturated heterocycles. The van der Waals surface area contributed by atoms with E-state index in [0.717, 1.165) is 29.9 Å². The molecule has 0 bridgehead atoms. The largest absolute Gasteiger partial charge is 0.382 e. The van der Waals surface area contributed by atoms with Gasteiger partial charge in [0.05, 0.1) is 18.3 Å².